The number of nitrogens with zero attached hydrogens (tertiary/aromatic N) is 1. The first-order valence-electron chi connectivity index (χ1n) is 7.38. The number of amides is 1. The molecule has 7 heteroatoms. The van der Waals surface area contributed by atoms with E-state index in [2.05, 4.69) is 10.3 Å². The number of hydrogen-bond donors (Lipinski definition) is 1. The highest BCUT2D eigenvalue weighted by Crippen LogP contribution is 2.24. The van der Waals surface area contributed by atoms with Gasteiger partial charge in [0.1, 0.15) is 10.8 Å². The Labute approximate surface area is 141 Å². The van der Waals surface area contributed by atoms with E-state index < -0.39 is 11.7 Å². The summed E-state index contributed by atoms with van der Waals surface area (Å²) >= 11 is 5.89. The van der Waals surface area contributed by atoms with Crippen LogP contribution in [0.15, 0.2) is 6.07 Å². The minimum Gasteiger partial charge on any atom is -0.477 e. The van der Waals surface area contributed by atoms with E-state index in [9.17, 15) is 9.59 Å². The molecule has 0 aliphatic heterocycles. The number of Topliss-reactive ketones (excluding diaryl/α,β-unsaturated/α-hetero) is 1. The van der Waals surface area contributed by atoms with Gasteiger partial charge < -0.3 is 14.8 Å². The van der Waals surface area contributed by atoms with E-state index in [1.54, 1.807) is 33.8 Å². The van der Waals surface area contributed by atoms with Crippen LogP contribution in [-0.4, -0.2) is 35.6 Å². The minimum absolute atomic E-state index is 0.131. The van der Waals surface area contributed by atoms with Crippen molar-refractivity contribution in [1.29, 1.82) is 0 Å². The van der Waals surface area contributed by atoms with Gasteiger partial charge in [-0.3, -0.25) is 4.79 Å². The van der Waals surface area contributed by atoms with Crippen LogP contribution < -0.4 is 10.1 Å². The van der Waals surface area contributed by atoms with E-state index in [4.69, 9.17) is 21.1 Å². The maximum atomic E-state index is 11.7. The van der Waals surface area contributed by atoms with Crippen LogP contribution in [-0.2, 0) is 4.74 Å². The van der Waals surface area contributed by atoms with E-state index in [0.717, 1.165) is 5.56 Å². The third-order valence-corrected chi connectivity index (χ3v) is 2.93. The summed E-state index contributed by atoms with van der Waals surface area (Å²) in [5.74, 6) is 0.0910. The number of hydrogen-bond acceptors (Lipinski definition) is 5. The maximum absolute atomic E-state index is 11.7. The topological polar surface area (TPSA) is 77.5 Å². The number of ether oxygens (including phenoxy) is 2. The Balaban J connectivity index is 2.48. The van der Waals surface area contributed by atoms with Crippen LogP contribution in [0.2, 0.25) is 5.15 Å². The zero-order valence-corrected chi connectivity index (χ0v) is 14.9. The first-order chi connectivity index (χ1) is 10.6. The molecule has 0 bridgehead atoms. The minimum atomic E-state index is -0.529. The Kier molecular flexibility index (Phi) is 6.81. The van der Waals surface area contributed by atoms with Crippen molar-refractivity contribution in [1.82, 2.24) is 10.3 Å². The average molecular weight is 343 g/mol. The Morgan fingerprint density at radius 3 is 2.57 bits per heavy atom. The van der Waals surface area contributed by atoms with Crippen LogP contribution >= 0.6 is 11.6 Å². The molecule has 0 aliphatic carbocycles. The quantitative estimate of drug-likeness (QED) is 0.486. The van der Waals surface area contributed by atoms with E-state index in [1.165, 1.54) is 6.92 Å². The Hall–Kier alpha value is -1.82. The fraction of sp³-hybridized carbons (Fsp3) is 0.562. The highest BCUT2D eigenvalue weighted by Gasteiger charge is 2.16. The number of aryl methyl sites for hydroxylation is 1. The van der Waals surface area contributed by atoms with Crippen molar-refractivity contribution in [2.45, 2.75) is 46.6 Å². The molecular formula is C16H23ClN2O4. The van der Waals surface area contributed by atoms with Crippen molar-refractivity contribution in [2.24, 2.45) is 0 Å². The van der Waals surface area contributed by atoms with Crippen molar-refractivity contribution in [3.8, 4) is 5.88 Å². The Bertz CT molecular complexity index is 582. The van der Waals surface area contributed by atoms with Crippen molar-refractivity contribution >= 4 is 23.5 Å². The summed E-state index contributed by atoms with van der Waals surface area (Å²) in [4.78, 5) is 27.2. The standard InChI is InChI=1S/C16H23ClN2O4/c1-10-9-12(17)19-14(13(10)11(2)20)22-8-6-7-18-15(21)23-16(3,4)5/h9H,6-8H2,1-5H3,(H,18,21). The van der Waals surface area contributed by atoms with Crippen LogP contribution in [0.25, 0.3) is 0 Å². The summed E-state index contributed by atoms with van der Waals surface area (Å²) in [7, 11) is 0. The summed E-state index contributed by atoms with van der Waals surface area (Å²) in [6.45, 7) is 9.31. The fourth-order valence-corrected chi connectivity index (χ4v) is 2.12. The summed E-state index contributed by atoms with van der Waals surface area (Å²) < 4.78 is 10.7. The lowest BCUT2D eigenvalue weighted by molar-refractivity contribution is 0.0525. The second-order valence-corrected chi connectivity index (χ2v) is 6.52. The predicted molar refractivity (Wildman–Crippen MR) is 88.3 cm³/mol. The summed E-state index contributed by atoms with van der Waals surface area (Å²) in [6.07, 6.45) is 0.0720. The molecule has 1 aromatic heterocycles. The van der Waals surface area contributed by atoms with Gasteiger partial charge in [-0.25, -0.2) is 9.78 Å². The number of aromatic nitrogens is 1. The smallest absolute Gasteiger partial charge is 0.407 e. The van der Waals surface area contributed by atoms with Crippen molar-refractivity contribution < 1.29 is 19.1 Å². The molecule has 0 atom stereocenters. The fourth-order valence-electron chi connectivity index (χ4n) is 1.88. The molecule has 0 unspecified atom stereocenters. The SMILES string of the molecule is CC(=O)c1c(C)cc(Cl)nc1OCCCNC(=O)OC(C)(C)C. The number of rotatable bonds is 6. The van der Waals surface area contributed by atoms with E-state index in [1.807, 2.05) is 0 Å². The number of carbonyl (C=O) groups is 2. The Morgan fingerprint density at radius 2 is 2.00 bits per heavy atom. The molecular weight excluding hydrogens is 320 g/mol. The monoisotopic (exact) mass is 342 g/mol. The molecule has 128 valence electrons. The third-order valence-electron chi connectivity index (χ3n) is 2.73. The van der Waals surface area contributed by atoms with Crippen LogP contribution in [0.5, 0.6) is 5.88 Å². The van der Waals surface area contributed by atoms with Gasteiger partial charge in [0.05, 0.1) is 12.2 Å². The van der Waals surface area contributed by atoms with E-state index in [0.29, 0.717) is 25.1 Å². The summed E-state index contributed by atoms with van der Waals surface area (Å²) in [6, 6.07) is 1.62. The van der Waals surface area contributed by atoms with Gasteiger partial charge in [0.15, 0.2) is 5.78 Å². The molecule has 1 heterocycles. The first kappa shape index (κ1) is 19.2. The van der Waals surface area contributed by atoms with Gasteiger partial charge in [0.2, 0.25) is 5.88 Å². The van der Waals surface area contributed by atoms with E-state index >= 15 is 0 Å². The van der Waals surface area contributed by atoms with Gasteiger partial charge in [-0.05, 0) is 52.7 Å². The summed E-state index contributed by atoms with van der Waals surface area (Å²) in [5, 5.41) is 2.90. The molecule has 0 spiro atoms. The van der Waals surface area contributed by atoms with Gasteiger partial charge in [-0.2, -0.15) is 0 Å². The van der Waals surface area contributed by atoms with Gasteiger partial charge in [0, 0.05) is 6.54 Å². The van der Waals surface area contributed by atoms with Crippen molar-refractivity contribution in [3.05, 3.63) is 22.3 Å². The predicted octanol–water partition coefficient (Wildman–Crippen LogP) is 3.54. The molecule has 0 aromatic carbocycles. The molecule has 1 amide bonds. The molecule has 0 saturated carbocycles. The zero-order chi connectivity index (χ0) is 17.6. The van der Waals surface area contributed by atoms with Gasteiger partial charge >= 0.3 is 6.09 Å². The maximum Gasteiger partial charge on any atom is 0.407 e. The van der Waals surface area contributed by atoms with Crippen LogP contribution in [0.1, 0.15) is 50.0 Å². The van der Waals surface area contributed by atoms with Gasteiger partial charge in [0.25, 0.3) is 0 Å². The number of alkyl carbamates (subject to hydrolysis) is 1. The van der Waals surface area contributed by atoms with Crippen LogP contribution in [0, 0.1) is 6.92 Å². The lowest BCUT2D eigenvalue weighted by Crippen LogP contribution is -2.33. The van der Waals surface area contributed by atoms with Crippen molar-refractivity contribution in [2.75, 3.05) is 13.2 Å². The van der Waals surface area contributed by atoms with Crippen molar-refractivity contribution in [3.63, 3.8) is 0 Å². The molecule has 6 nitrogen and oxygen atoms in total. The van der Waals surface area contributed by atoms with Gasteiger partial charge in [-0.1, -0.05) is 11.6 Å². The Morgan fingerprint density at radius 1 is 1.35 bits per heavy atom. The molecule has 0 fully saturated rings. The second-order valence-electron chi connectivity index (χ2n) is 6.13. The van der Waals surface area contributed by atoms with Gasteiger partial charge in [-0.15, -0.1) is 0 Å². The molecule has 0 saturated heterocycles. The second kappa shape index (κ2) is 8.15. The molecule has 0 aliphatic rings. The molecule has 0 radical (unpaired) electrons. The number of carbonyl (C=O) groups excluding carboxylic acids is 2. The zero-order valence-electron chi connectivity index (χ0n) is 14.2. The molecule has 1 rings (SSSR count). The lowest BCUT2D eigenvalue weighted by atomic mass is 10.1. The summed E-state index contributed by atoms with van der Waals surface area (Å²) in [5.41, 5.74) is 0.619. The lowest BCUT2D eigenvalue weighted by Gasteiger charge is -2.19. The van der Waals surface area contributed by atoms with Crippen LogP contribution in [0.3, 0.4) is 0 Å². The molecule has 23 heavy (non-hydrogen) atoms. The number of ketones is 1. The van der Waals surface area contributed by atoms with Crippen LogP contribution in [0.4, 0.5) is 4.79 Å². The number of pyridine rings is 1. The highest BCUT2D eigenvalue weighted by molar-refractivity contribution is 6.29. The average Bonchev–Trinajstić information content (AvgIpc) is 2.34. The largest absolute Gasteiger partial charge is 0.477 e. The number of halogens is 1. The molecule has 1 N–H and O–H groups in total. The highest BCUT2D eigenvalue weighted by atomic mass is 35.5. The van der Waals surface area contributed by atoms with E-state index in [-0.39, 0.29) is 16.8 Å². The third kappa shape index (κ3) is 6.86. The number of nitrogens with one attached hydrogen (secondary N) is 1. The normalized spacial score (nSPS) is 11.0. The first-order valence-corrected chi connectivity index (χ1v) is 7.75. The molecule has 1 aromatic rings.